The molecule has 1 aromatic heterocycles. The summed E-state index contributed by atoms with van der Waals surface area (Å²) in [4.78, 5) is 49.9. The average molecular weight is 392 g/mol. The van der Waals surface area contributed by atoms with Gasteiger partial charge in [-0.1, -0.05) is 12.1 Å². The predicted molar refractivity (Wildman–Crippen MR) is 104 cm³/mol. The minimum absolute atomic E-state index is 0.0703. The highest BCUT2D eigenvalue weighted by molar-refractivity contribution is 6.21. The van der Waals surface area contributed by atoms with E-state index in [1.54, 1.807) is 43.3 Å². The van der Waals surface area contributed by atoms with E-state index in [0.29, 0.717) is 27.8 Å². The maximum Gasteiger partial charge on any atom is 0.411 e. The van der Waals surface area contributed by atoms with Crippen LogP contribution in [-0.4, -0.2) is 29.4 Å². The third kappa shape index (κ3) is 3.36. The summed E-state index contributed by atoms with van der Waals surface area (Å²) >= 11 is 0. The molecule has 1 aliphatic heterocycles. The van der Waals surface area contributed by atoms with Crippen molar-refractivity contribution in [2.24, 2.45) is 0 Å². The Morgan fingerprint density at radius 2 is 1.72 bits per heavy atom. The molecule has 0 aliphatic carbocycles. The highest BCUT2D eigenvalue weighted by atomic mass is 16.5. The van der Waals surface area contributed by atoms with Gasteiger partial charge in [0.1, 0.15) is 5.58 Å². The van der Waals surface area contributed by atoms with Crippen molar-refractivity contribution in [3.63, 3.8) is 0 Å². The number of hydrogen-bond acceptors (Lipinski definition) is 6. The molecule has 4 rings (SSSR count). The summed E-state index contributed by atoms with van der Waals surface area (Å²) < 4.78 is 10.1. The number of anilines is 1. The van der Waals surface area contributed by atoms with Gasteiger partial charge in [-0.2, -0.15) is 0 Å². The number of carbonyl (C=O) groups is 3. The molecule has 2 aromatic carbocycles. The Morgan fingerprint density at radius 3 is 2.38 bits per heavy atom. The molecule has 8 heteroatoms. The van der Waals surface area contributed by atoms with Crippen LogP contribution in [0.5, 0.6) is 0 Å². The summed E-state index contributed by atoms with van der Waals surface area (Å²) in [6.45, 7) is 1.84. The van der Waals surface area contributed by atoms with Crippen LogP contribution in [0.15, 0.2) is 57.7 Å². The van der Waals surface area contributed by atoms with E-state index in [-0.39, 0.29) is 18.7 Å². The molecular weight excluding hydrogens is 376 g/mol. The largest absolute Gasteiger partial charge is 0.450 e. The number of amides is 3. The second-order valence-corrected chi connectivity index (χ2v) is 6.39. The lowest BCUT2D eigenvalue weighted by Gasteiger charge is -2.15. The lowest BCUT2D eigenvalue weighted by atomic mass is 10.1. The van der Waals surface area contributed by atoms with Gasteiger partial charge < -0.3 is 9.15 Å². The minimum atomic E-state index is -0.628. The molecule has 29 heavy (non-hydrogen) atoms. The summed E-state index contributed by atoms with van der Waals surface area (Å²) in [5, 5.41) is 3.08. The van der Waals surface area contributed by atoms with Crippen molar-refractivity contribution in [1.29, 1.82) is 0 Å². The third-order valence-electron chi connectivity index (χ3n) is 4.56. The van der Waals surface area contributed by atoms with Gasteiger partial charge in [-0.25, -0.2) is 9.59 Å². The van der Waals surface area contributed by atoms with Gasteiger partial charge in [-0.15, -0.1) is 0 Å². The van der Waals surface area contributed by atoms with Crippen molar-refractivity contribution >= 4 is 34.6 Å². The van der Waals surface area contributed by atoms with E-state index in [2.05, 4.69) is 5.32 Å². The summed E-state index contributed by atoms with van der Waals surface area (Å²) in [5.74, 6) is -0.819. The van der Waals surface area contributed by atoms with E-state index in [9.17, 15) is 19.2 Å². The number of nitrogens with zero attached hydrogens (tertiary/aromatic N) is 1. The molecule has 0 saturated carbocycles. The molecule has 0 radical (unpaired) electrons. The van der Waals surface area contributed by atoms with Gasteiger partial charge in [0.25, 0.3) is 11.8 Å². The summed E-state index contributed by atoms with van der Waals surface area (Å²) in [6, 6.07) is 12.6. The van der Waals surface area contributed by atoms with Crippen LogP contribution in [0.4, 0.5) is 10.5 Å². The maximum absolute atomic E-state index is 12.6. The molecule has 0 saturated heterocycles. The van der Waals surface area contributed by atoms with Gasteiger partial charge in [-0.05, 0) is 36.8 Å². The standard InChI is InChI=1S/C21H16N2O6/c1-2-28-21(27)22-13-7-8-14-12(9-18(24)29-17(14)10-13)11-23-19(25)15-5-3-4-6-16(15)20(23)26/h3-10H,2,11H2,1H3,(H,22,27). The van der Waals surface area contributed by atoms with E-state index < -0.39 is 23.5 Å². The summed E-state index contributed by atoms with van der Waals surface area (Å²) in [6.07, 6.45) is -0.628. The Bertz CT molecular complexity index is 1180. The number of fused-ring (bicyclic) bond motifs is 2. The molecule has 3 amide bonds. The van der Waals surface area contributed by atoms with E-state index in [1.165, 1.54) is 12.1 Å². The van der Waals surface area contributed by atoms with Gasteiger partial charge in [-0.3, -0.25) is 19.8 Å². The minimum Gasteiger partial charge on any atom is -0.450 e. The lowest BCUT2D eigenvalue weighted by molar-refractivity contribution is 0.0642. The second-order valence-electron chi connectivity index (χ2n) is 6.39. The molecule has 0 bridgehead atoms. The normalized spacial score (nSPS) is 12.9. The first kappa shape index (κ1) is 18.4. The van der Waals surface area contributed by atoms with Crippen LogP contribution in [0.3, 0.4) is 0 Å². The number of carbonyl (C=O) groups excluding carboxylic acids is 3. The molecule has 1 aliphatic rings. The Labute approximate surface area is 164 Å². The molecule has 2 heterocycles. The van der Waals surface area contributed by atoms with Crippen molar-refractivity contribution in [2.75, 3.05) is 11.9 Å². The van der Waals surface area contributed by atoms with Crippen molar-refractivity contribution in [2.45, 2.75) is 13.5 Å². The third-order valence-corrected chi connectivity index (χ3v) is 4.56. The van der Waals surface area contributed by atoms with Gasteiger partial charge in [0.15, 0.2) is 0 Å². The quantitative estimate of drug-likeness (QED) is 0.540. The summed E-state index contributed by atoms with van der Waals surface area (Å²) in [7, 11) is 0. The fourth-order valence-corrected chi connectivity index (χ4v) is 3.28. The smallest absolute Gasteiger partial charge is 0.411 e. The van der Waals surface area contributed by atoms with E-state index in [0.717, 1.165) is 4.90 Å². The van der Waals surface area contributed by atoms with Gasteiger partial charge in [0.2, 0.25) is 0 Å². The highest BCUT2D eigenvalue weighted by Crippen LogP contribution is 2.27. The maximum atomic E-state index is 12.6. The van der Waals surface area contributed by atoms with Crippen LogP contribution in [0.25, 0.3) is 11.0 Å². The zero-order valence-corrected chi connectivity index (χ0v) is 15.4. The number of benzene rings is 2. The van der Waals surface area contributed by atoms with Crippen molar-refractivity contribution in [1.82, 2.24) is 4.90 Å². The van der Waals surface area contributed by atoms with E-state index >= 15 is 0 Å². The lowest BCUT2D eigenvalue weighted by Crippen LogP contribution is -2.29. The van der Waals surface area contributed by atoms with Crippen LogP contribution < -0.4 is 10.9 Å². The molecule has 0 fully saturated rings. The van der Waals surface area contributed by atoms with E-state index in [4.69, 9.17) is 9.15 Å². The number of rotatable bonds is 4. The number of ether oxygens (including phenoxy) is 1. The van der Waals surface area contributed by atoms with Crippen LogP contribution in [-0.2, 0) is 11.3 Å². The highest BCUT2D eigenvalue weighted by Gasteiger charge is 2.35. The Morgan fingerprint density at radius 1 is 1.03 bits per heavy atom. The summed E-state index contributed by atoms with van der Waals surface area (Å²) in [5.41, 5.74) is 1.12. The van der Waals surface area contributed by atoms with Crippen molar-refractivity contribution in [3.8, 4) is 0 Å². The van der Waals surface area contributed by atoms with Gasteiger partial charge in [0, 0.05) is 23.2 Å². The second kappa shape index (κ2) is 7.23. The fourth-order valence-electron chi connectivity index (χ4n) is 3.28. The molecule has 0 unspecified atom stereocenters. The van der Waals surface area contributed by atoms with Crippen LogP contribution >= 0.6 is 0 Å². The predicted octanol–water partition coefficient (Wildman–Crippen LogP) is 3.16. The fraction of sp³-hybridized carbons (Fsp3) is 0.143. The van der Waals surface area contributed by atoms with E-state index in [1.807, 2.05) is 0 Å². The van der Waals surface area contributed by atoms with Crippen molar-refractivity contribution < 1.29 is 23.5 Å². The van der Waals surface area contributed by atoms with Crippen LogP contribution in [0, 0.1) is 0 Å². The average Bonchev–Trinajstić information content (AvgIpc) is 2.93. The first-order chi connectivity index (χ1) is 14.0. The zero-order valence-electron chi connectivity index (χ0n) is 15.4. The zero-order chi connectivity index (χ0) is 20.5. The molecule has 0 spiro atoms. The molecule has 8 nitrogen and oxygen atoms in total. The van der Waals surface area contributed by atoms with Crippen molar-refractivity contribution in [3.05, 3.63) is 75.6 Å². The Kier molecular flexibility index (Phi) is 4.59. The topological polar surface area (TPSA) is 106 Å². The Balaban J connectivity index is 1.68. The van der Waals surface area contributed by atoms with Crippen LogP contribution in [0.1, 0.15) is 33.2 Å². The number of nitrogens with one attached hydrogen (secondary N) is 1. The SMILES string of the molecule is CCOC(=O)Nc1ccc2c(CN3C(=O)c4ccccc4C3=O)cc(=O)oc2c1. The molecule has 0 atom stereocenters. The number of imide groups is 1. The first-order valence-electron chi connectivity index (χ1n) is 8.93. The van der Waals surface area contributed by atoms with Gasteiger partial charge in [0.05, 0.1) is 24.3 Å². The van der Waals surface area contributed by atoms with Crippen LogP contribution in [0.2, 0.25) is 0 Å². The molecule has 1 N–H and O–H groups in total. The van der Waals surface area contributed by atoms with Gasteiger partial charge >= 0.3 is 11.7 Å². The monoisotopic (exact) mass is 392 g/mol. The molecule has 146 valence electrons. The number of hydrogen-bond donors (Lipinski definition) is 1. The Hall–Kier alpha value is -3.94. The molecular formula is C21H16N2O6. The first-order valence-corrected chi connectivity index (χ1v) is 8.93. The molecule has 3 aromatic rings.